The van der Waals surface area contributed by atoms with Crippen LogP contribution >= 0.6 is 0 Å². The largest absolute Gasteiger partial charge is 0.503 e. The maximum Gasteiger partial charge on any atom is 0.503 e. The van der Waals surface area contributed by atoms with E-state index in [1.807, 2.05) is 0 Å². The van der Waals surface area contributed by atoms with Crippen molar-refractivity contribution < 1.29 is 13.3 Å². The normalized spacial score (nSPS) is 21.5. The van der Waals surface area contributed by atoms with Crippen LogP contribution < -0.4 is 5.32 Å². The molecule has 1 atom stereocenters. The van der Waals surface area contributed by atoms with Crippen LogP contribution in [0.5, 0.6) is 0 Å². The van der Waals surface area contributed by atoms with Gasteiger partial charge in [-0.25, -0.2) is 0 Å². The van der Waals surface area contributed by atoms with Gasteiger partial charge in [-0.15, -0.1) is 0 Å². The summed E-state index contributed by atoms with van der Waals surface area (Å²) >= 11 is 0. The van der Waals surface area contributed by atoms with E-state index in [4.69, 9.17) is 13.3 Å². The average molecular weight is 493 g/mol. The summed E-state index contributed by atoms with van der Waals surface area (Å²) in [6.45, 7) is 12.1. The fourth-order valence-electron chi connectivity index (χ4n) is 6.58. The van der Waals surface area contributed by atoms with Crippen molar-refractivity contribution in [2.45, 2.75) is 51.6 Å². The first-order valence-corrected chi connectivity index (χ1v) is 15.4. The molecule has 5 rings (SSSR count). The molecule has 0 bridgehead atoms. The molecule has 0 amide bonds. The summed E-state index contributed by atoms with van der Waals surface area (Å²) in [5.41, 5.74) is 2.80. The molecule has 5 nitrogen and oxygen atoms in total. The Balaban J connectivity index is 1.76. The van der Waals surface area contributed by atoms with Gasteiger partial charge in [0.25, 0.3) is 0 Å². The minimum atomic E-state index is -2.91. The van der Waals surface area contributed by atoms with Gasteiger partial charge in [0.05, 0.1) is 5.54 Å². The van der Waals surface area contributed by atoms with E-state index in [2.05, 4.69) is 79.5 Å². The van der Waals surface area contributed by atoms with Crippen molar-refractivity contribution in [3.8, 4) is 0 Å². The lowest BCUT2D eigenvalue weighted by molar-refractivity contribution is 0.0227. The smallest absolute Gasteiger partial charge is 0.374 e. The Morgan fingerprint density at radius 2 is 1.51 bits per heavy atom. The standard InChI is InChI=1S/C29H40N2O3Si/c1-4-32-35(33-5-2,34-6-3)22-29(31-20-18-30-19-21-31)17-9-11-24-14-15-26-25-12-8-7-10-23(25)13-16-27(26)28(24)29/h7-8,10,12-16,30H,4-6,9,11,17-22H2,1-3H3. The molecule has 0 aromatic heterocycles. The maximum atomic E-state index is 6.48. The van der Waals surface area contributed by atoms with Gasteiger partial charge >= 0.3 is 8.80 Å². The zero-order chi connectivity index (χ0) is 24.3. The third kappa shape index (κ3) is 4.56. The van der Waals surface area contributed by atoms with Crippen molar-refractivity contribution in [2.24, 2.45) is 0 Å². The number of piperazine rings is 1. The average Bonchev–Trinajstić information content (AvgIpc) is 2.89. The molecule has 188 valence electrons. The Morgan fingerprint density at radius 1 is 0.829 bits per heavy atom. The van der Waals surface area contributed by atoms with Crippen molar-refractivity contribution in [3.05, 3.63) is 59.7 Å². The topological polar surface area (TPSA) is 43.0 Å². The Hall–Kier alpha value is -1.80. The molecule has 2 aliphatic rings. The number of benzene rings is 3. The van der Waals surface area contributed by atoms with Crippen LogP contribution in [0.4, 0.5) is 0 Å². The third-order valence-corrected chi connectivity index (χ3v) is 11.0. The Kier molecular flexibility index (Phi) is 7.58. The highest BCUT2D eigenvalue weighted by Gasteiger charge is 2.54. The summed E-state index contributed by atoms with van der Waals surface area (Å²) in [5.74, 6) is 0. The van der Waals surface area contributed by atoms with Gasteiger partial charge in [-0.1, -0.05) is 48.5 Å². The number of rotatable bonds is 9. The van der Waals surface area contributed by atoms with Crippen molar-refractivity contribution in [3.63, 3.8) is 0 Å². The molecule has 1 heterocycles. The summed E-state index contributed by atoms with van der Waals surface area (Å²) in [6.07, 6.45) is 3.40. The number of hydrogen-bond acceptors (Lipinski definition) is 5. The summed E-state index contributed by atoms with van der Waals surface area (Å²) < 4.78 is 19.4. The molecule has 3 aromatic carbocycles. The van der Waals surface area contributed by atoms with E-state index in [-0.39, 0.29) is 5.54 Å². The van der Waals surface area contributed by atoms with E-state index in [0.717, 1.165) is 45.1 Å². The zero-order valence-corrected chi connectivity index (χ0v) is 22.6. The van der Waals surface area contributed by atoms with Crippen LogP contribution in [0.2, 0.25) is 6.04 Å². The van der Waals surface area contributed by atoms with E-state index in [9.17, 15) is 0 Å². The van der Waals surface area contributed by atoms with Gasteiger partial charge in [0, 0.05) is 52.0 Å². The lowest BCUT2D eigenvalue weighted by Gasteiger charge is -2.52. The molecule has 1 fully saturated rings. The molecule has 1 saturated heterocycles. The molecular formula is C29H40N2O3Si. The van der Waals surface area contributed by atoms with Crippen LogP contribution in [0.15, 0.2) is 48.5 Å². The van der Waals surface area contributed by atoms with E-state index < -0.39 is 8.80 Å². The maximum absolute atomic E-state index is 6.48. The molecule has 1 unspecified atom stereocenters. The van der Waals surface area contributed by atoms with Crippen LogP contribution in [0, 0.1) is 0 Å². The highest BCUT2D eigenvalue weighted by molar-refractivity contribution is 6.61. The summed E-state index contributed by atoms with van der Waals surface area (Å²) in [7, 11) is -2.91. The molecule has 0 spiro atoms. The first-order valence-electron chi connectivity index (χ1n) is 13.5. The number of nitrogens with one attached hydrogen (secondary N) is 1. The first-order chi connectivity index (χ1) is 17.2. The van der Waals surface area contributed by atoms with Gasteiger partial charge in [-0.3, -0.25) is 4.90 Å². The van der Waals surface area contributed by atoms with Crippen LogP contribution in [0.1, 0.15) is 44.7 Å². The minimum absolute atomic E-state index is 0.163. The first kappa shape index (κ1) is 24.9. The number of fused-ring (bicyclic) bond motifs is 5. The second-order valence-corrected chi connectivity index (χ2v) is 12.3. The number of nitrogens with zero attached hydrogens (tertiary/aromatic N) is 1. The predicted molar refractivity (Wildman–Crippen MR) is 146 cm³/mol. The molecule has 0 saturated carbocycles. The van der Waals surface area contributed by atoms with Gasteiger partial charge in [0.15, 0.2) is 0 Å². The van der Waals surface area contributed by atoms with E-state index >= 15 is 0 Å². The molecule has 3 aromatic rings. The van der Waals surface area contributed by atoms with Crippen molar-refractivity contribution in [1.29, 1.82) is 0 Å². The second-order valence-electron chi connectivity index (χ2n) is 9.76. The highest BCUT2D eigenvalue weighted by Crippen LogP contribution is 2.50. The minimum Gasteiger partial charge on any atom is -0.374 e. The number of aryl methyl sites for hydroxylation is 1. The Bertz CT molecular complexity index is 1150. The lowest BCUT2D eigenvalue weighted by atomic mass is 9.73. The van der Waals surface area contributed by atoms with Gasteiger partial charge in [0.1, 0.15) is 0 Å². The van der Waals surface area contributed by atoms with Gasteiger partial charge < -0.3 is 18.6 Å². The zero-order valence-electron chi connectivity index (χ0n) is 21.6. The quantitative estimate of drug-likeness (QED) is 0.317. The van der Waals surface area contributed by atoms with Crippen LogP contribution in [0.3, 0.4) is 0 Å². The monoisotopic (exact) mass is 492 g/mol. The summed E-state index contributed by atoms with van der Waals surface area (Å²) in [4.78, 5) is 2.73. The van der Waals surface area contributed by atoms with Crippen LogP contribution in [0.25, 0.3) is 21.5 Å². The molecule has 1 aliphatic heterocycles. The summed E-state index contributed by atoms with van der Waals surface area (Å²) in [5, 5.41) is 8.92. The van der Waals surface area contributed by atoms with E-state index in [1.54, 1.807) is 0 Å². The fourth-order valence-corrected chi connectivity index (χ4v) is 9.75. The molecule has 35 heavy (non-hydrogen) atoms. The molecule has 6 heteroatoms. The summed E-state index contributed by atoms with van der Waals surface area (Å²) in [6, 6.07) is 19.0. The molecule has 1 aliphatic carbocycles. The molecule has 1 N–H and O–H groups in total. The lowest BCUT2D eigenvalue weighted by Crippen LogP contribution is -2.61. The molecular weight excluding hydrogens is 452 g/mol. The second kappa shape index (κ2) is 10.7. The van der Waals surface area contributed by atoms with E-state index in [1.165, 1.54) is 39.1 Å². The van der Waals surface area contributed by atoms with Gasteiger partial charge in [-0.2, -0.15) is 0 Å². The van der Waals surface area contributed by atoms with Crippen LogP contribution in [-0.2, 0) is 25.2 Å². The van der Waals surface area contributed by atoms with Crippen molar-refractivity contribution in [1.82, 2.24) is 10.2 Å². The Labute approximate surface area is 211 Å². The van der Waals surface area contributed by atoms with Gasteiger partial charge in [0.2, 0.25) is 0 Å². The number of hydrogen-bond donors (Lipinski definition) is 1. The predicted octanol–water partition coefficient (Wildman–Crippen LogP) is 5.48. The fraction of sp³-hybridized carbons (Fsp3) is 0.517. The van der Waals surface area contributed by atoms with E-state index in [0.29, 0.717) is 19.8 Å². The van der Waals surface area contributed by atoms with Crippen LogP contribution in [-0.4, -0.2) is 59.7 Å². The third-order valence-electron chi connectivity index (χ3n) is 7.84. The highest BCUT2D eigenvalue weighted by atomic mass is 28.4. The Morgan fingerprint density at radius 3 is 2.23 bits per heavy atom. The molecule has 0 radical (unpaired) electrons. The SMILES string of the molecule is CCO[Si](CC1(N2CCNCC2)CCCc2ccc3c(ccc4ccccc43)c21)(OCC)OCC. The van der Waals surface area contributed by atoms with Crippen molar-refractivity contribution in [2.75, 3.05) is 46.0 Å². The van der Waals surface area contributed by atoms with Crippen molar-refractivity contribution >= 4 is 30.3 Å². The van der Waals surface area contributed by atoms with Gasteiger partial charge in [-0.05, 0) is 72.7 Å².